The first kappa shape index (κ1) is 17.8. The van der Waals surface area contributed by atoms with Gasteiger partial charge in [0, 0.05) is 20.9 Å². The average Bonchev–Trinajstić information content (AvgIpc) is 3.17. The molecule has 25 heavy (non-hydrogen) atoms. The zero-order valence-electron chi connectivity index (χ0n) is 13.4. The summed E-state index contributed by atoms with van der Waals surface area (Å²) < 4.78 is 5.16. The van der Waals surface area contributed by atoms with Gasteiger partial charge in [0.25, 0.3) is 11.8 Å². The van der Waals surface area contributed by atoms with Crippen molar-refractivity contribution in [3.63, 3.8) is 0 Å². The predicted octanol–water partition coefficient (Wildman–Crippen LogP) is 3.54. The summed E-state index contributed by atoms with van der Waals surface area (Å²) in [7, 11) is 1.26. The van der Waals surface area contributed by atoms with Gasteiger partial charge in [0.1, 0.15) is 4.88 Å². The van der Waals surface area contributed by atoms with E-state index in [0.717, 1.165) is 16.2 Å². The smallest absolute Gasteiger partial charge is 0.348 e. The van der Waals surface area contributed by atoms with Crippen LogP contribution in [0.3, 0.4) is 0 Å². The van der Waals surface area contributed by atoms with Crippen molar-refractivity contribution in [3.05, 3.63) is 42.2 Å². The highest BCUT2D eigenvalue weighted by Gasteiger charge is 2.41. The molecular weight excluding hydrogens is 386 g/mol. The number of rotatable bonds is 3. The minimum Gasteiger partial charge on any atom is -0.465 e. The number of carbonyl (C=O) groups is 3. The Balaban J connectivity index is 2.27. The van der Waals surface area contributed by atoms with Gasteiger partial charge in [-0.2, -0.15) is 0 Å². The summed E-state index contributed by atoms with van der Waals surface area (Å²) >= 11 is 8.44. The molecule has 9 heteroatoms. The number of thiophene rings is 2. The Labute approximate surface area is 155 Å². The number of ether oxygens (including phenoxy) is 1. The Kier molecular flexibility index (Phi) is 4.54. The summed E-state index contributed by atoms with van der Waals surface area (Å²) in [4.78, 5) is 38.4. The third-order valence-electron chi connectivity index (χ3n) is 3.79. The van der Waals surface area contributed by atoms with Crippen LogP contribution < -0.4 is 0 Å². The number of aryl methyl sites for hydroxylation is 2. The lowest BCUT2D eigenvalue weighted by Crippen LogP contribution is -2.27. The van der Waals surface area contributed by atoms with Crippen LogP contribution >= 0.6 is 34.3 Å². The van der Waals surface area contributed by atoms with E-state index in [-0.39, 0.29) is 16.2 Å². The van der Waals surface area contributed by atoms with Crippen molar-refractivity contribution < 1.29 is 24.3 Å². The van der Waals surface area contributed by atoms with Crippen LogP contribution in [-0.4, -0.2) is 35.2 Å². The number of carbonyl (C=O) groups excluding carboxylic acids is 3. The maximum atomic E-state index is 12.5. The van der Waals surface area contributed by atoms with Crippen LogP contribution in [0.5, 0.6) is 0 Å². The fourth-order valence-electron chi connectivity index (χ4n) is 2.64. The van der Waals surface area contributed by atoms with Crippen molar-refractivity contribution in [1.82, 2.24) is 5.06 Å². The number of methoxy groups -OCH3 is 1. The minimum absolute atomic E-state index is 0.0500. The molecule has 2 amide bonds. The molecule has 0 aliphatic carbocycles. The average molecular weight is 398 g/mol. The Morgan fingerprint density at radius 3 is 2.08 bits per heavy atom. The quantitative estimate of drug-likeness (QED) is 0.486. The lowest BCUT2D eigenvalue weighted by molar-refractivity contribution is -0.168. The number of hydrogen-bond acceptors (Lipinski definition) is 7. The summed E-state index contributed by atoms with van der Waals surface area (Å²) in [5.41, 5.74) is 1.03. The van der Waals surface area contributed by atoms with Crippen molar-refractivity contribution in [2.24, 2.45) is 0 Å². The molecule has 0 spiro atoms. The summed E-state index contributed by atoms with van der Waals surface area (Å²) in [5.74, 6) is -2.18. The van der Waals surface area contributed by atoms with Crippen molar-refractivity contribution in [2.45, 2.75) is 13.8 Å². The summed E-state index contributed by atoms with van der Waals surface area (Å²) in [6.07, 6.45) is 0. The first-order valence-electron chi connectivity index (χ1n) is 7.03. The highest BCUT2D eigenvalue weighted by Crippen LogP contribution is 2.42. The fourth-order valence-corrected chi connectivity index (χ4v) is 4.78. The summed E-state index contributed by atoms with van der Waals surface area (Å²) in [5, 5.41) is 9.94. The van der Waals surface area contributed by atoms with Crippen LogP contribution in [0.25, 0.3) is 11.1 Å². The van der Waals surface area contributed by atoms with Gasteiger partial charge in [-0.1, -0.05) is 11.6 Å². The Bertz CT molecular complexity index is 956. The lowest BCUT2D eigenvalue weighted by Gasteiger charge is -2.03. The van der Waals surface area contributed by atoms with E-state index in [2.05, 4.69) is 0 Å². The van der Waals surface area contributed by atoms with Crippen molar-refractivity contribution >= 4 is 63.2 Å². The number of halogens is 1. The van der Waals surface area contributed by atoms with E-state index in [1.54, 1.807) is 19.9 Å². The maximum absolute atomic E-state index is 12.5. The molecular formula is C16H12ClNO5S2. The third-order valence-corrected chi connectivity index (χ3v) is 6.00. The molecule has 2 aromatic heterocycles. The monoisotopic (exact) mass is 397 g/mol. The number of hydroxylamine groups is 2. The Hall–Kier alpha value is -2.00. The van der Waals surface area contributed by atoms with Crippen LogP contribution in [0.1, 0.15) is 30.6 Å². The zero-order valence-corrected chi connectivity index (χ0v) is 15.8. The normalized spacial score (nSPS) is 14.7. The number of esters is 1. The molecule has 3 rings (SSSR count). The van der Waals surface area contributed by atoms with Gasteiger partial charge in [-0.25, -0.2) is 4.79 Å². The van der Waals surface area contributed by atoms with E-state index in [0.29, 0.717) is 25.2 Å². The van der Waals surface area contributed by atoms with Gasteiger partial charge >= 0.3 is 5.97 Å². The van der Waals surface area contributed by atoms with Crippen LogP contribution in [0.2, 0.25) is 4.34 Å². The van der Waals surface area contributed by atoms with Gasteiger partial charge in [-0.3, -0.25) is 14.8 Å². The van der Waals surface area contributed by atoms with E-state index in [4.69, 9.17) is 16.3 Å². The maximum Gasteiger partial charge on any atom is 0.348 e. The summed E-state index contributed by atoms with van der Waals surface area (Å²) in [6, 6.07) is 3.08. The molecule has 1 aliphatic rings. The van der Waals surface area contributed by atoms with Crippen molar-refractivity contribution in [3.8, 4) is 0 Å². The molecule has 0 saturated carbocycles. The fraction of sp³-hybridized carbons (Fsp3) is 0.188. The molecule has 0 unspecified atom stereocenters. The van der Waals surface area contributed by atoms with Gasteiger partial charge in [-0.05, 0) is 26.0 Å². The molecule has 0 saturated heterocycles. The van der Waals surface area contributed by atoms with E-state index in [1.165, 1.54) is 24.5 Å². The standard InChI is InChI=1S/C16H12ClNO5S2/c1-6-8(4-10(24-6)16(21)23-3)12-13(15(20)18(22)14(12)19)9-5-11(17)25-7(9)2/h4-5,22H,1-3H3. The van der Waals surface area contributed by atoms with Crippen LogP contribution in [0.15, 0.2) is 12.1 Å². The second kappa shape index (κ2) is 6.38. The highest BCUT2D eigenvalue weighted by atomic mass is 35.5. The van der Waals surface area contributed by atoms with E-state index >= 15 is 0 Å². The van der Waals surface area contributed by atoms with Crippen LogP contribution in [0.4, 0.5) is 0 Å². The number of nitrogens with zero attached hydrogens (tertiary/aromatic N) is 1. The zero-order chi connectivity index (χ0) is 18.5. The molecule has 0 atom stereocenters. The van der Waals surface area contributed by atoms with Crippen molar-refractivity contribution in [2.75, 3.05) is 7.11 Å². The number of amides is 2. The SMILES string of the molecule is COC(=O)c1cc(C2=C(c3cc(Cl)sc3C)C(=O)N(O)C2=O)c(C)s1. The topological polar surface area (TPSA) is 83.9 Å². The molecule has 3 heterocycles. The molecule has 0 radical (unpaired) electrons. The van der Waals surface area contributed by atoms with Gasteiger partial charge in [0.15, 0.2) is 0 Å². The van der Waals surface area contributed by atoms with Gasteiger partial charge in [0.2, 0.25) is 0 Å². The van der Waals surface area contributed by atoms with Gasteiger partial charge in [-0.15, -0.1) is 27.7 Å². The predicted molar refractivity (Wildman–Crippen MR) is 94.9 cm³/mol. The lowest BCUT2D eigenvalue weighted by atomic mass is 9.97. The summed E-state index contributed by atoms with van der Waals surface area (Å²) in [6.45, 7) is 3.50. The molecule has 0 aromatic carbocycles. The van der Waals surface area contributed by atoms with Gasteiger partial charge < -0.3 is 4.74 Å². The molecule has 1 N–H and O–H groups in total. The van der Waals surface area contributed by atoms with Crippen LogP contribution in [0, 0.1) is 13.8 Å². The highest BCUT2D eigenvalue weighted by molar-refractivity contribution is 7.16. The molecule has 6 nitrogen and oxygen atoms in total. The van der Waals surface area contributed by atoms with Gasteiger partial charge in [0.05, 0.1) is 22.6 Å². The molecule has 1 aliphatic heterocycles. The minimum atomic E-state index is -0.834. The number of imide groups is 1. The van der Waals surface area contributed by atoms with E-state index in [9.17, 15) is 19.6 Å². The number of hydrogen-bond donors (Lipinski definition) is 1. The second-order valence-electron chi connectivity index (χ2n) is 5.26. The third kappa shape index (κ3) is 2.81. The molecule has 130 valence electrons. The largest absolute Gasteiger partial charge is 0.465 e. The Morgan fingerprint density at radius 2 is 1.60 bits per heavy atom. The first-order valence-corrected chi connectivity index (χ1v) is 9.04. The van der Waals surface area contributed by atoms with E-state index < -0.39 is 17.8 Å². The Morgan fingerprint density at radius 1 is 1.08 bits per heavy atom. The first-order chi connectivity index (χ1) is 11.8. The van der Waals surface area contributed by atoms with E-state index in [1.807, 2.05) is 0 Å². The second-order valence-corrected chi connectivity index (χ2v) is 8.41. The molecule has 0 fully saturated rings. The van der Waals surface area contributed by atoms with Crippen molar-refractivity contribution in [1.29, 1.82) is 0 Å². The molecule has 0 bridgehead atoms. The molecule has 2 aromatic rings. The van der Waals surface area contributed by atoms with Crippen LogP contribution in [-0.2, 0) is 14.3 Å².